The van der Waals surface area contributed by atoms with E-state index in [1.807, 2.05) is 19.1 Å². The summed E-state index contributed by atoms with van der Waals surface area (Å²) in [6.45, 7) is 4.07. The lowest BCUT2D eigenvalue weighted by Gasteiger charge is -2.15. The molecule has 3 nitrogen and oxygen atoms in total. The molecule has 0 unspecified atom stereocenters. The van der Waals surface area contributed by atoms with Crippen LogP contribution in [-0.4, -0.2) is 11.2 Å². The molecule has 4 heteroatoms. The lowest BCUT2D eigenvalue weighted by molar-refractivity contribution is 0.381. The second-order valence-corrected chi connectivity index (χ2v) is 5.96. The van der Waals surface area contributed by atoms with Crippen LogP contribution in [0.25, 0.3) is 0 Å². The standard InChI is InChI=1S/C17H21FN2O/c1-11(7-8-13-5-3-4-6-15(13)18)19-16-12(2)20-21-17(16)14-9-10-14/h3-6,11,14,19H,7-10H2,1-2H3/t11-/m1/s1. The Morgan fingerprint density at radius 2 is 2.14 bits per heavy atom. The van der Waals surface area contributed by atoms with Crippen LogP contribution < -0.4 is 5.32 Å². The first-order valence-corrected chi connectivity index (χ1v) is 7.61. The molecular weight excluding hydrogens is 267 g/mol. The van der Waals surface area contributed by atoms with Crippen molar-refractivity contribution in [2.45, 2.75) is 51.5 Å². The molecular formula is C17H21FN2O. The van der Waals surface area contributed by atoms with Crippen LogP contribution in [0.3, 0.4) is 0 Å². The SMILES string of the molecule is Cc1noc(C2CC2)c1N[C@H](C)CCc1ccccc1F. The molecule has 1 N–H and O–H groups in total. The highest BCUT2D eigenvalue weighted by molar-refractivity contribution is 5.53. The maximum absolute atomic E-state index is 13.6. The molecule has 0 bridgehead atoms. The van der Waals surface area contributed by atoms with Gasteiger partial charge < -0.3 is 9.84 Å². The van der Waals surface area contributed by atoms with Crippen molar-refractivity contribution in [1.82, 2.24) is 5.16 Å². The number of nitrogens with zero attached hydrogens (tertiary/aromatic N) is 1. The molecule has 112 valence electrons. The first kappa shape index (κ1) is 14.1. The summed E-state index contributed by atoms with van der Waals surface area (Å²) in [7, 11) is 0. The predicted octanol–water partition coefficient (Wildman–Crippen LogP) is 4.43. The van der Waals surface area contributed by atoms with Gasteiger partial charge in [0.2, 0.25) is 0 Å². The predicted molar refractivity (Wildman–Crippen MR) is 81.0 cm³/mol. The minimum absolute atomic E-state index is 0.121. The Bertz CT molecular complexity index is 619. The second kappa shape index (κ2) is 5.88. The Morgan fingerprint density at radius 1 is 1.38 bits per heavy atom. The van der Waals surface area contributed by atoms with E-state index in [9.17, 15) is 4.39 Å². The highest BCUT2D eigenvalue weighted by Gasteiger charge is 2.31. The van der Waals surface area contributed by atoms with Crippen LogP contribution >= 0.6 is 0 Å². The maximum Gasteiger partial charge on any atom is 0.163 e. The molecule has 0 aliphatic heterocycles. The van der Waals surface area contributed by atoms with E-state index < -0.39 is 0 Å². The molecule has 1 aliphatic carbocycles. The fourth-order valence-corrected chi connectivity index (χ4v) is 2.58. The summed E-state index contributed by atoms with van der Waals surface area (Å²) in [5.74, 6) is 1.40. The Labute approximate surface area is 124 Å². The van der Waals surface area contributed by atoms with Gasteiger partial charge in [-0.15, -0.1) is 0 Å². The summed E-state index contributed by atoms with van der Waals surface area (Å²) in [5.41, 5.74) is 2.73. The Hall–Kier alpha value is -1.84. The Balaban J connectivity index is 1.60. The molecule has 1 fully saturated rings. The number of aryl methyl sites for hydroxylation is 2. The summed E-state index contributed by atoms with van der Waals surface area (Å²) in [6.07, 6.45) is 3.97. The van der Waals surface area contributed by atoms with E-state index in [4.69, 9.17) is 4.52 Å². The molecule has 2 aromatic rings. The van der Waals surface area contributed by atoms with Crippen molar-refractivity contribution in [3.05, 3.63) is 47.1 Å². The Morgan fingerprint density at radius 3 is 2.86 bits per heavy atom. The third-order valence-corrected chi connectivity index (χ3v) is 4.03. The molecule has 1 aromatic heterocycles. The average molecular weight is 288 g/mol. The van der Waals surface area contributed by atoms with Crippen LogP contribution in [0.15, 0.2) is 28.8 Å². The second-order valence-electron chi connectivity index (χ2n) is 5.96. The van der Waals surface area contributed by atoms with Crippen LogP contribution in [0.4, 0.5) is 10.1 Å². The molecule has 3 rings (SSSR count). The van der Waals surface area contributed by atoms with Crippen LogP contribution in [0, 0.1) is 12.7 Å². The van der Waals surface area contributed by atoms with Crippen molar-refractivity contribution in [2.24, 2.45) is 0 Å². The average Bonchev–Trinajstić information content (AvgIpc) is 3.25. The molecule has 1 heterocycles. The van der Waals surface area contributed by atoms with Crippen LogP contribution in [0.2, 0.25) is 0 Å². The summed E-state index contributed by atoms with van der Waals surface area (Å²) < 4.78 is 19.0. The number of hydrogen-bond donors (Lipinski definition) is 1. The zero-order valence-electron chi connectivity index (χ0n) is 12.5. The van der Waals surface area contributed by atoms with Crippen molar-refractivity contribution in [2.75, 3.05) is 5.32 Å². The van der Waals surface area contributed by atoms with Gasteiger partial charge in [-0.1, -0.05) is 23.4 Å². The molecule has 0 radical (unpaired) electrons. The number of aromatic nitrogens is 1. The lowest BCUT2D eigenvalue weighted by Crippen LogP contribution is -2.17. The monoisotopic (exact) mass is 288 g/mol. The summed E-state index contributed by atoms with van der Waals surface area (Å²) in [6, 6.07) is 7.22. The zero-order chi connectivity index (χ0) is 14.8. The Kier molecular flexibility index (Phi) is 3.95. The number of halogens is 1. The molecule has 1 saturated carbocycles. The van der Waals surface area contributed by atoms with Gasteiger partial charge in [0.15, 0.2) is 5.76 Å². The number of anilines is 1. The highest BCUT2D eigenvalue weighted by Crippen LogP contribution is 2.44. The van der Waals surface area contributed by atoms with Gasteiger partial charge in [-0.2, -0.15) is 0 Å². The number of rotatable bonds is 6. The largest absolute Gasteiger partial charge is 0.378 e. The minimum atomic E-state index is -0.121. The van der Waals surface area contributed by atoms with Crippen LogP contribution in [-0.2, 0) is 6.42 Å². The van der Waals surface area contributed by atoms with Crippen molar-refractivity contribution in [3.63, 3.8) is 0 Å². The van der Waals surface area contributed by atoms with Crippen molar-refractivity contribution >= 4 is 5.69 Å². The third kappa shape index (κ3) is 3.26. The van der Waals surface area contributed by atoms with Crippen LogP contribution in [0.5, 0.6) is 0 Å². The maximum atomic E-state index is 13.6. The molecule has 1 aliphatic rings. The quantitative estimate of drug-likeness (QED) is 0.854. The van der Waals surface area contributed by atoms with Gasteiger partial charge in [0, 0.05) is 12.0 Å². The smallest absolute Gasteiger partial charge is 0.163 e. The van der Waals surface area contributed by atoms with Gasteiger partial charge in [0.25, 0.3) is 0 Å². The third-order valence-electron chi connectivity index (χ3n) is 4.03. The van der Waals surface area contributed by atoms with Crippen molar-refractivity contribution in [1.29, 1.82) is 0 Å². The summed E-state index contributed by atoms with van der Waals surface area (Å²) in [4.78, 5) is 0. The first-order chi connectivity index (χ1) is 10.1. The van der Waals surface area contributed by atoms with E-state index in [1.54, 1.807) is 6.07 Å². The summed E-state index contributed by atoms with van der Waals surface area (Å²) >= 11 is 0. The molecule has 21 heavy (non-hydrogen) atoms. The molecule has 0 spiro atoms. The fourth-order valence-electron chi connectivity index (χ4n) is 2.58. The molecule has 0 amide bonds. The minimum Gasteiger partial charge on any atom is -0.378 e. The van der Waals surface area contributed by atoms with Gasteiger partial charge in [-0.05, 0) is 51.2 Å². The topological polar surface area (TPSA) is 38.1 Å². The van der Waals surface area contributed by atoms with Gasteiger partial charge in [0.1, 0.15) is 17.2 Å². The van der Waals surface area contributed by atoms with Crippen molar-refractivity contribution in [3.8, 4) is 0 Å². The van der Waals surface area contributed by atoms with Crippen LogP contribution in [0.1, 0.15) is 49.1 Å². The van der Waals surface area contributed by atoms with Gasteiger partial charge in [0.05, 0.1) is 0 Å². The van der Waals surface area contributed by atoms with E-state index in [2.05, 4.69) is 17.4 Å². The summed E-state index contributed by atoms with van der Waals surface area (Å²) in [5, 5.41) is 7.56. The number of nitrogens with one attached hydrogen (secondary N) is 1. The fraction of sp³-hybridized carbons (Fsp3) is 0.471. The lowest BCUT2D eigenvalue weighted by atomic mass is 10.1. The zero-order valence-corrected chi connectivity index (χ0v) is 12.5. The van der Waals surface area contributed by atoms with Gasteiger partial charge in [-0.25, -0.2) is 4.39 Å². The number of hydrogen-bond acceptors (Lipinski definition) is 3. The highest BCUT2D eigenvalue weighted by atomic mass is 19.1. The normalized spacial score (nSPS) is 16.0. The number of benzene rings is 1. The van der Waals surface area contributed by atoms with Gasteiger partial charge >= 0.3 is 0 Å². The van der Waals surface area contributed by atoms with E-state index in [-0.39, 0.29) is 11.9 Å². The van der Waals surface area contributed by atoms with E-state index in [1.165, 1.54) is 18.9 Å². The molecule has 0 saturated heterocycles. The van der Waals surface area contributed by atoms with E-state index in [0.717, 1.165) is 35.5 Å². The van der Waals surface area contributed by atoms with E-state index in [0.29, 0.717) is 5.92 Å². The van der Waals surface area contributed by atoms with Crippen molar-refractivity contribution < 1.29 is 8.91 Å². The van der Waals surface area contributed by atoms with E-state index >= 15 is 0 Å². The molecule has 1 atom stereocenters. The van der Waals surface area contributed by atoms with Gasteiger partial charge in [-0.3, -0.25) is 0 Å². The first-order valence-electron chi connectivity index (χ1n) is 7.61. The molecule has 1 aromatic carbocycles.